The molecule has 0 amide bonds. The molecule has 2 fully saturated rings. The summed E-state index contributed by atoms with van der Waals surface area (Å²) in [7, 11) is 0. The molecule has 3 heterocycles. The van der Waals surface area contributed by atoms with Gasteiger partial charge in [-0.15, -0.1) is 0 Å². The van der Waals surface area contributed by atoms with Crippen LogP contribution in [0.3, 0.4) is 0 Å². The lowest BCUT2D eigenvalue weighted by molar-refractivity contribution is -0.00155. The highest BCUT2D eigenvalue weighted by Gasteiger charge is 2.33. The Bertz CT molecular complexity index is 445. The normalized spacial score (nSPS) is 22.9. The molecule has 1 aromatic heterocycles. The maximum Gasteiger partial charge on any atom is 0.208 e. The molecule has 2 aliphatic rings. The Labute approximate surface area is 127 Å². The molecular weight excluding hydrogens is 264 g/mol. The van der Waals surface area contributed by atoms with Crippen molar-refractivity contribution in [3.05, 3.63) is 17.8 Å². The van der Waals surface area contributed by atoms with E-state index in [0.29, 0.717) is 5.92 Å². The minimum absolute atomic E-state index is 0.422. The summed E-state index contributed by atoms with van der Waals surface area (Å²) >= 11 is 0. The Morgan fingerprint density at radius 2 is 1.90 bits per heavy atom. The molecule has 0 atom stereocenters. The molecule has 0 aliphatic carbocycles. The van der Waals surface area contributed by atoms with Crippen LogP contribution in [0.1, 0.15) is 38.3 Å². The van der Waals surface area contributed by atoms with E-state index in [2.05, 4.69) is 40.5 Å². The molecule has 118 valence electrons. The number of nitrogens with zero attached hydrogens (tertiary/aromatic N) is 4. The summed E-state index contributed by atoms with van der Waals surface area (Å²) in [4.78, 5) is 12.0. The van der Waals surface area contributed by atoms with E-state index >= 15 is 0 Å². The molecule has 5 nitrogen and oxygen atoms in total. The summed E-state index contributed by atoms with van der Waals surface area (Å²) < 4.78 is 5.79. The molecule has 0 spiro atoms. The third kappa shape index (κ3) is 3.47. The monoisotopic (exact) mass is 292 g/mol. The van der Waals surface area contributed by atoms with Crippen LogP contribution in [0.15, 0.2) is 10.6 Å². The number of aromatic nitrogens is 1. The summed E-state index contributed by atoms with van der Waals surface area (Å²) in [6.07, 6.45) is 1.88. The number of likely N-dealkylation sites (N-methyl/N-ethyl adjacent to an activating group) is 1. The molecule has 0 bridgehead atoms. The van der Waals surface area contributed by atoms with Gasteiger partial charge in [0.05, 0.1) is 12.7 Å². The van der Waals surface area contributed by atoms with Crippen molar-refractivity contribution < 1.29 is 4.42 Å². The van der Waals surface area contributed by atoms with Crippen LogP contribution in [0.25, 0.3) is 0 Å². The zero-order valence-electron chi connectivity index (χ0n) is 13.6. The average molecular weight is 292 g/mol. The molecule has 2 saturated heterocycles. The lowest BCUT2D eigenvalue weighted by atomic mass is 10.1. The van der Waals surface area contributed by atoms with Crippen LogP contribution < -0.4 is 0 Å². The van der Waals surface area contributed by atoms with Gasteiger partial charge in [-0.1, -0.05) is 20.8 Å². The van der Waals surface area contributed by atoms with Crippen LogP contribution in [0.2, 0.25) is 0 Å². The number of hydrogen-bond donors (Lipinski definition) is 0. The van der Waals surface area contributed by atoms with Gasteiger partial charge in [0.25, 0.3) is 0 Å². The topological polar surface area (TPSA) is 35.8 Å². The average Bonchev–Trinajstić information content (AvgIpc) is 2.91. The van der Waals surface area contributed by atoms with Gasteiger partial charge in [-0.25, -0.2) is 4.98 Å². The maximum absolute atomic E-state index is 5.79. The molecule has 21 heavy (non-hydrogen) atoms. The van der Waals surface area contributed by atoms with Crippen molar-refractivity contribution in [1.82, 2.24) is 19.7 Å². The molecular formula is C16H28N4O. The van der Waals surface area contributed by atoms with E-state index in [1.54, 1.807) is 0 Å². The SMILES string of the molecule is CCN1CCN(C2CN(Cc3ncc(C(C)C)o3)C2)CC1. The number of hydrogen-bond acceptors (Lipinski definition) is 5. The Hall–Kier alpha value is -0.910. The first-order valence-corrected chi connectivity index (χ1v) is 8.29. The molecule has 0 unspecified atom stereocenters. The van der Waals surface area contributed by atoms with Crippen LogP contribution in [0, 0.1) is 0 Å². The summed E-state index contributed by atoms with van der Waals surface area (Å²) in [6.45, 7) is 15.8. The zero-order valence-corrected chi connectivity index (χ0v) is 13.6. The maximum atomic E-state index is 5.79. The summed E-state index contributed by atoms with van der Waals surface area (Å²) in [5.74, 6) is 2.29. The third-order valence-electron chi connectivity index (χ3n) is 4.81. The van der Waals surface area contributed by atoms with Gasteiger partial charge in [0.2, 0.25) is 5.89 Å². The highest BCUT2D eigenvalue weighted by atomic mass is 16.4. The Morgan fingerprint density at radius 3 is 2.48 bits per heavy atom. The van der Waals surface area contributed by atoms with E-state index in [1.165, 1.54) is 32.7 Å². The van der Waals surface area contributed by atoms with E-state index in [-0.39, 0.29) is 0 Å². The fourth-order valence-electron chi connectivity index (χ4n) is 3.20. The lowest BCUT2D eigenvalue weighted by Crippen LogP contribution is -2.62. The predicted molar refractivity (Wildman–Crippen MR) is 83.3 cm³/mol. The Morgan fingerprint density at radius 1 is 1.19 bits per heavy atom. The first-order chi connectivity index (χ1) is 10.2. The first kappa shape index (κ1) is 15.0. The number of rotatable bonds is 5. The van der Waals surface area contributed by atoms with Crippen molar-refractivity contribution in [2.75, 3.05) is 45.8 Å². The van der Waals surface area contributed by atoms with Crippen LogP contribution in [0.4, 0.5) is 0 Å². The van der Waals surface area contributed by atoms with Gasteiger partial charge < -0.3 is 9.32 Å². The molecule has 3 rings (SSSR count). The highest BCUT2D eigenvalue weighted by molar-refractivity contribution is 5.00. The third-order valence-corrected chi connectivity index (χ3v) is 4.81. The van der Waals surface area contributed by atoms with Gasteiger partial charge in [-0.05, 0) is 6.54 Å². The quantitative estimate of drug-likeness (QED) is 0.824. The molecule has 0 N–H and O–H groups in total. The second kappa shape index (κ2) is 6.46. The largest absolute Gasteiger partial charge is 0.444 e. The smallest absolute Gasteiger partial charge is 0.208 e. The number of piperazine rings is 1. The molecule has 2 aliphatic heterocycles. The standard InChI is InChI=1S/C16H28N4O/c1-4-18-5-7-20(8-6-18)14-10-19(11-14)12-16-17-9-15(21-16)13(2)3/h9,13-14H,4-8,10-12H2,1-3H3. The van der Waals surface area contributed by atoms with Crippen LogP contribution in [0.5, 0.6) is 0 Å². The van der Waals surface area contributed by atoms with Crippen LogP contribution in [-0.2, 0) is 6.54 Å². The van der Waals surface area contributed by atoms with Crippen LogP contribution >= 0.6 is 0 Å². The van der Waals surface area contributed by atoms with Gasteiger partial charge in [0.15, 0.2) is 0 Å². The van der Waals surface area contributed by atoms with Crippen molar-refractivity contribution in [3.8, 4) is 0 Å². The van der Waals surface area contributed by atoms with E-state index in [0.717, 1.165) is 37.3 Å². The zero-order chi connectivity index (χ0) is 14.8. The van der Waals surface area contributed by atoms with Crippen molar-refractivity contribution in [1.29, 1.82) is 0 Å². The predicted octanol–water partition coefficient (Wildman–Crippen LogP) is 1.62. The summed E-state index contributed by atoms with van der Waals surface area (Å²) in [5, 5.41) is 0. The minimum atomic E-state index is 0.422. The van der Waals surface area contributed by atoms with E-state index in [9.17, 15) is 0 Å². The van der Waals surface area contributed by atoms with E-state index in [4.69, 9.17) is 4.42 Å². The van der Waals surface area contributed by atoms with Gasteiger partial charge in [-0.3, -0.25) is 9.80 Å². The van der Waals surface area contributed by atoms with Gasteiger partial charge in [0.1, 0.15) is 5.76 Å². The second-order valence-electron chi connectivity index (χ2n) is 6.63. The van der Waals surface area contributed by atoms with Crippen molar-refractivity contribution in [2.24, 2.45) is 0 Å². The molecule has 1 aromatic rings. The molecule has 0 aromatic carbocycles. The van der Waals surface area contributed by atoms with Crippen LogP contribution in [-0.4, -0.2) is 71.5 Å². The molecule has 0 radical (unpaired) electrons. The van der Waals surface area contributed by atoms with Gasteiger partial charge in [0, 0.05) is 51.2 Å². The van der Waals surface area contributed by atoms with Crippen molar-refractivity contribution >= 4 is 0 Å². The second-order valence-corrected chi connectivity index (χ2v) is 6.63. The first-order valence-electron chi connectivity index (χ1n) is 8.29. The number of oxazole rings is 1. The van der Waals surface area contributed by atoms with Gasteiger partial charge in [-0.2, -0.15) is 0 Å². The van der Waals surface area contributed by atoms with Crippen molar-refractivity contribution in [2.45, 2.75) is 39.3 Å². The van der Waals surface area contributed by atoms with E-state index in [1.807, 2.05) is 6.20 Å². The van der Waals surface area contributed by atoms with Crippen molar-refractivity contribution in [3.63, 3.8) is 0 Å². The lowest BCUT2D eigenvalue weighted by Gasteiger charge is -2.47. The highest BCUT2D eigenvalue weighted by Crippen LogP contribution is 2.21. The number of likely N-dealkylation sites (tertiary alicyclic amines) is 1. The molecule has 5 heteroatoms. The van der Waals surface area contributed by atoms with Gasteiger partial charge >= 0.3 is 0 Å². The Kier molecular flexibility index (Phi) is 4.62. The molecule has 0 saturated carbocycles. The van der Waals surface area contributed by atoms with E-state index < -0.39 is 0 Å². The minimum Gasteiger partial charge on any atom is -0.444 e. The fraction of sp³-hybridized carbons (Fsp3) is 0.812. The fourth-order valence-corrected chi connectivity index (χ4v) is 3.20. The Balaban J connectivity index is 1.41. The summed E-state index contributed by atoms with van der Waals surface area (Å²) in [6, 6.07) is 0.739. The summed E-state index contributed by atoms with van der Waals surface area (Å²) in [5.41, 5.74) is 0.